The van der Waals surface area contributed by atoms with E-state index in [4.69, 9.17) is 9.15 Å². The van der Waals surface area contributed by atoms with Crippen LogP contribution >= 0.6 is 11.8 Å². The minimum absolute atomic E-state index is 0.167. The Bertz CT molecular complexity index is 1430. The molecular formula is C25H25N3O5S2. The average Bonchev–Trinajstić information content (AvgIpc) is 3.23. The van der Waals surface area contributed by atoms with Crippen LogP contribution in [0.25, 0.3) is 11.0 Å². The third kappa shape index (κ3) is 6.55. The van der Waals surface area contributed by atoms with Gasteiger partial charge in [0.2, 0.25) is 5.09 Å². The van der Waals surface area contributed by atoms with Gasteiger partial charge in [0.25, 0.3) is 10.0 Å². The molecule has 35 heavy (non-hydrogen) atoms. The molecule has 0 radical (unpaired) electrons. The highest BCUT2D eigenvalue weighted by Crippen LogP contribution is 2.31. The highest BCUT2D eigenvalue weighted by Gasteiger charge is 2.21. The molecule has 2 heterocycles. The van der Waals surface area contributed by atoms with Gasteiger partial charge in [-0.15, -0.1) is 0 Å². The Morgan fingerprint density at radius 1 is 1.06 bits per heavy atom. The molecule has 1 amide bonds. The van der Waals surface area contributed by atoms with Crippen LogP contribution in [-0.4, -0.2) is 25.1 Å². The van der Waals surface area contributed by atoms with E-state index in [9.17, 15) is 13.2 Å². The summed E-state index contributed by atoms with van der Waals surface area (Å²) in [6.45, 7) is 5.39. The Morgan fingerprint density at radius 2 is 1.86 bits per heavy atom. The van der Waals surface area contributed by atoms with Gasteiger partial charge in [-0.1, -0.05) is 42.1 Å². The van der Waals surface area contributed by atoms with E-state index in [0.29, 0.717) is 33.1 Å². The molecule has 10 heteroatoms. The Morgan fingerprint density at radius 3 is 2.63 bits per heavy atom. The lowest BCUT2D eigenvalue weighted by Crippen LogP contribution is -2.27. The fourth-order valence-electron chi connectivity index (χ4n) is 3.18. The fourth-order valence-corrected chi connectivity index (χ4v) is 5.17. The molecule has 2 aromatic carbocycles. The van der Waals surface area contributed by atoms with Gasteiger partial charge < -0.3 is 9.15 Å². The highest BCUT2D eigenvalue weighted by molar-refractivity contribution is 7.98. The molecule has 0 spiro atoms. The zero-order valence-corrected chi connectivity index (χ0v) is 21.1. The molecule has 0 saturated heterocycles. The number of hydrogen-bond donors (Lipinski definition) is 2. The molecule has 0 fully saturated rings. The number of carbonyl (C=O) groups excluding carboxylic acids is 1. The maximum Gasteiger partial charge on any atom is 0.412 e. The summed E-state index contributed by atoms with van der Waals surface area (Å²) in [6.07, 6.45) is 1.07. The monoisotopic (exact) mass is 511 g/mol. The summed E-state index contributed by atoms with van der Waals surface area (Å²) in [5.41, 5.74) is 1.77. The molecule has 0 aliphatic carbocycles. The Balaban J connectivity index is 1.46. The second-order valence-electron chi connectivity index (χ2n) is 8.68. The first-order valence-electron chi connectivity index (χ1n) is 10.8. The number of anilines is 2. The van der Waals surface area contributed by atoms with Gasteiger partial charge in [-0.3, -0.25) is 10.0 Å². The molecule has 0 saturated carbocycles. The van der Waals surface area contributed by atoms with Crippen LogP contribution in [0.3, 0.4) is 0 Å². The van der Waals surface area contributed by atoms with Crippen molar-refractivity contribution in [1.29, 1.82) is 0 Å². The minimum Gasteiger partial charge on any atom is -0.444 e. The van der Waals surface area contributed by atoms with E-state index >= 15 is 0 Å². The number of nitrogens with one attached hydrogen (secondary N) is 2. The second-order valence-corrected chi connectivity index (χ2v) is 11.3. The van der Waals surface area contributed by atoms with E-state index in [-0.39, 0.29) is 5.09 Å². The number of rotatable bonds is 7. The van der Waals surface area contributed by atoms with Crippen LogP contribution in [0.5, 0.6) is 0 Å². The van der Waals surface area contributed by atoms with Gasteiger partial charge >= 0.3 is 6.09 Å². The number of ether oxygens (including phenoxy) is 1. The van der Waals surface area contributed by atoms with Crippen molar-refractivity contribution in [3.63, 3.8) is 0 Å². The molecule has 0 unspecified atom stereocenters. The molecule has 4 rings (SSSR count). The average molecular weight is 512 g/mol. The topological polar surface area (TPSA) is 111 Å². The standard InChI is InChI=1S/C25H25N3O5S2/c1-25(2,3)33-24(29)27-19-10-6-8-17(14-19)16-34-23-20(11-7-13-26-23)28-35(30,31)22-15-18-9-4-5-12-21(18)32-22/h4-15,28H,16H2,1-3H3,(H,27,29). The third-order valence-electron chi connectivity index (χ3n) is 4.63. The van der Waals surface area contributed by atoms with E-state index in [2.05, 4.69) is 15.0 Å². The van der Waals surface area contributed by atoms with Crippen LogP contribution in [0.15, 0.2) is 87.5 Å². The molecular weight excluding hydrogens is 486 g/mol. The van der Waals surface area contributed by atoms with Crippen LogP contribution in [0.2, 0.25) is 0 Å². The summed E-state index contributed by atoms with van der Waals surface area (Å²) in [5, 5.41) is 3.77. The molecule has 182 valence electrons. The van der Waals surface area contributed by atoms with E-state index in [0.717, 1.165) is 5.56 Å². The van der Waals surface area contributed by atoms with Gasteiger partial charge in [-0.2, -0.15) is 8.42 Å². The van der Waals surface area contributed by atoms with Gasteiger partial charge in [-0.05, 0) is 56.7 Å². The molecule has 4 aromatic rings. The fraction of sp³-hybridized carbons (Fsp3) is 0.200. The summed E-state index contributed by atoms with van der Waals surface area (Å²) in [4.78, 5) is 16.4. The Kier molecular flexibility index (Phi) is 7.04. The first-order chi connectivity index (χ1) is 16.6. The van der Waals surface area contributed by atoms with Crippen molar-refractivity contribution >= 4 is 50.2 Å². The summed E-state index contributed by atoms with van der Waals surface area (Å²) in [6, 6.07) is 19.2. The van der Waals surface area contributed by atoms with Gasteiger partial charge in [-0.25, -0.2) is 9.78 Å². The first kappa shape index (κ1) is 24.6. The van der Waals surface area contributed by atoms with Gasteiger partial charge in [0.15, 0.2) is 0 Å². The summed E-state index contributed by atoms with van der Waals surface area (Å²) >= 11 is 1.37. The number of carbonyl (C=O) groups is 1. The number of fused-ring (bicyclic) bond motifs is 1. The molecule has 0 atom stereocenters. The zero-order chi connectivity index (χ0) is 25.1. The predicted octanol–water partition coefficient (Wildman–Crippen LogP) is 6.27. The van der Waals surface area contributed by atoms with Crippen LogP contribution < -0.4 is 10.0 Å². The molecule has 8 nitrogen and oxygen atoms in total. The second kappa shape index (κ2) is 10.0. The number of hydrogen-bond acceptors (Lipinski definition) is 7. The lowest BCUT2D eigenvalue weighted by molar-refractivity contribution is 0.0636. The van der Waals surface area contributed by atoms with Crippen molar-refractivity contribution < 1.29 is 22.4 Å². The molecule has 2 N–H and O–H groups in total. The lowest BCUT2D eigenvalue weighted by atomic mass is 10.2. The van der Waals surface area contributed by atoms with E-state index in [1.807, 2.05) is 24.3 Å². The quantitative estimate of drug-likeness (QED) is 0.281. The number of amides is 1. The normalized spacial score (nSPS) is 11.9. The van der Waals surface area contributed by atoms with Crippen LogP contribution in [-0.2, 0) is 20.5 Å². The SMILES string of the molecule is CC(C)(C)OC(=O)Nc1cccc(CSc2ncccc2NS(=O)(=O)c2cc3ccccc3o2)c1. The molecule has 0 aliphatic rings. The zero-order valence-electron chi connectivity index (χ0n) is 19.4. The van der Waals surface area contributed by atoms with Crippen molar-refractivity contribution in [2.75, 3.05) is 10.0 Å². The van der Waals surface area contributed by atoms with Gasteiger partial charge in [0, 0.05) is 29.1 Å². The third-order valence-corrected chi connectivity index (χ3v) is 6.93. The summed E-state index contributed by atoms with van der Waals surface area (Å²) < 4.78 is 39.3. The van der Waals surface area contributed by atoms with Crippen LogP contribution in [0.1, 0.15) is 26.3 Å². The minimum atomic E-state index is -3.95. The maximum atomic E-state index is 13.0. The van der Waals surface area contributed by atoms with Gasteiger partial charge in [0.05, 0.1) is 5.69 Å². The number of aromatic nitrogens is 1. The summed E-state index contributed by atoms with van der Waals surface area (Å²) in [7, 11) is -3.95. The lowest BCUT2D eigenvalue weighted by Gasteiger charge is -2.19. The number of sulfonamides is 1. The number of furan rings is 1. The highest BCUT2D eigenvalue weighted by atomic mass is 32.2. The smallest absolute Gasteiger partial charge is 0.412 e. The van der Waals surface area contributed by atoms with Crippen LogP contribution in [0.4, 0.5) is 16.2 Å². The van der Waals surface area contributed by atoms with Crippen molar-refractivity contribution in [1.82, 2.24) is 4.98 Å². The molecule has 2 aromatic heterocycles. The van der Waals surface area contributed by atoms with Crippen molar-refractivity contribution in [3.05, 3.63) is 78.5 Å². The largest absolute Gasteiger partial charge is 0.444 e. The van der Waals surface area contributed by atoms with E-state index in [1.165, 1.54) is 17.8 Å². The number of nitrogens with zero attached hydrogens (tertiary/aromatic N) is 1. The summed E-state index contributed by atoms with van der Waals surface area (Å²) in [5.74, 6) is 0.500. The number of pyridine rings is 1. The Hall–Kier alpha value is -3.50. The van der Waals surface area contributed by atoms with E-state index < -0.39 is 21.7 Å². The van der Waals surface area contributed by atoms with Crippen molar-refractivity contribution in [3.8, 4) is 0 Å². The Labute approximate surface area is 208 Å². The van der Waals surface area contributed by atoms with Crippen molar-refractivity contribution in [2.24, 2.45) is 0 Å². The first-order valence-corrected chi connectivity index (χ1v) is 13.2. The van der Waals surface area contributed by atoms with Gasteiger partial charge in [0.1, 0.15) is 16.2 Å². The maximum absolute atomic E-state index is 13.0. The number of thioether (sulfide) groups is 1. The predicted molar refractivity (Wildman–Crippen MR) is 137 cm³/mol. The number of benzene rings is 2. The van der Waals surface area contributed by atoms with E-state index in [1.54, 1.807) is 63.4 Å². The number of para-hydroxylation sites is 1. The molecule has 0 aliphatic heterocycles. The van der Waals surface area contributed by atoms with Crippen LogP contribution in [0, 0.1) is 0 Å². The molecule has 0 bridgehead atoms. The van der Waals surface area contributed by atoms with Crippen molar-refractivity contribution in [2.45, 2.75) is 42.2 Å².